The quantitative estimate of drug-likeness (QED) is 0.808. The molecule has 1 aromatic carbocycles. The van der Waals surface area contributed by atoms with Crippen molar-refractivity contribution in [2.24, 2.45) is 0 Å². The normalized spacial score (nSPS) is 13.9. The lowest BCUT2D eigenvalue weighted by Gasteiger charge is -2.26. The number of benzene rings is 1. The average molecular weight is 286 g/mol. The van der Waals surface area contributed by atoms with E-state index in [0.29, 0.717) is 23.7 Å². The predicted octanol–water partition coefficient (Wildman–Crippen LogP) is 3.08. The minimum Gasteiger partial charge on any atom is -0.496 e. The molecule has 106 valence electrons. The summed E-state index contributed by atoms with van der Waals surface area (Å²) in [7, 11) is 1.58. The van der Waals surface area contributed by atoms with Crippen LogP contribution in [-0.4, -0.2) is 23.7 Å². The first-order chi connectivity index (χ1) is 8.92. The Labute approximate surface area is 118 Å². The van der Waals surface area contributed by atoms with E-state index in [0.717, 1.165) is 12.0 Å². The summed E-state index contributed by atoms with van der Waals surface area (Å²) in [6.45, 7) is 4.05. The van der Waals surface area contributed by atoms with Crippen LogP contribution in [0, 0.1) is 0 Å². The van der Waals surface area contributed by atoms with Gasteiger partial charge in [-0.25, -0.2) is 0 Å². The molecule has 0 bridgehead atoms. The first kappa shape index (κ1) is 15.8. The third-order valence-corrected chi connectivity index (χ3v) is 3.37. The molecule has 0 heterocycles. The van der Waals surface area contributed by atoms with Crippen molar-refractivity contribution in [1.82, 2.24) is 5.32 Å². The number of nitrogens with one attached hydrogen (secondary N) is 1. The molecule has 0 amide bonds. The van der Waals surface area contributed by atoms with Crippen LogP contribution in [0.4, 0.5) is 0 Å². The Morgan fingerprint density at radius 1 is 1.53 bits per heavy atom. The minimum absolute atomic E-state index is 0.395. The number of halogens is 1. The highest BCUT2D eigenvalue weighted by atomic mass is 35.5. The van der Waals surface area contributed by atoms with Crippen LogP contribution in [0.2, 0.25) is 5.02 Å². The van der Waals surface area contributed by atoms with Gasteiger partial charge in [-0.15, -0.1) is 0 Å². The molecule has 4 nitrogen and oxygen atoms in total. The van der Waals surface area contributed by atoms with E-state index in [9.17, 15) is 9.90 Å². The number of aliphatic carboxylic acids is 1. The zero-order valence-corrected chi connectivity index (χ0v) is 12.3. The van der Waals surface area contributed by atoms with E-state index in [4.69, 9.17) is 16.3 Å². The van der Waals surface area contributed by atoms with Gasteiger partial charge in [0.15, 0.2) is 0 Å². The molecule has 0 fully saturated rings. The van der Waals surface area contributed by atoms with Crippen LogP contribution in [0.3, 0.4) is 0 Å². The molecule has 0 aliphatic rings. The van der Waals surface area contributed by atoms with Gasteiger partial charge in [0.1, 0.15) is 11.3 Å². The number of hydrogen-bond donors (Lipinski definition) is 2. The summed E-state index contributed by atoms with van der Waals surface area (Å²) in [6.07, 6.45) is 1.35. The lowest BCUT2D eigenvalue weighted by atomic mass is 9.96. The molecule has 1 atom stereocenters. The van der Waals surface area contributed by atoms with E-state index in [1.54, 1.807) is 32.2 Å². The fraction of sp³-hybridized carbons (Fsp3) is 0.500. The van der Waals surface area contributed by atoms with E-state index < -0.39 is 11.5 Å². The van der Waals surface area contributed by atoms with Crippen LogP contribution >= 0.6 is 11.6 Å². The summed E-state index contributed by atoms with van der Waals surface area (Å²) in [5.74, 6) is -0.156. The van der Waals surface area contributed by atoms with Gasteiger partial charge in [-0.05, 0) is 31.5 Å². The second kappa shape index (κ2) is 6.78. The Morgan fingerprint density at radius 3 is 2.74 bits per heavy atom. The lowest BCUT2D eigenvalue weighted by Crippen LogP contribution is -2.48. The Balaban J connectivity index is 2.85. The van der Waals surface area contributed by atoms with Crippen LogP contribution in [0.25, 0.3) is 0 Å². The molecular weight excluding hydrogens is 266 g/mol. The predicted molar refractivity (Wildman–Crippen MR) is 75.8 cm³/mol. The van der Waals surface area contributed by atoms with Crippen LogP contribution in [0.1, 0.15) is 32.3 Å². The molecular formula is C14H20ClNO3. The maximum Gasteiger partial charge on any atom is 0.323 e. The maximum absolute atomic E-state index is 11.3. The van der Waals surface area contributed by atoms with E-state index in [1.165, 1.54) is 0 Å². The molecule has 0 saturated carbocycles. The first-order valence-corrected chi connectivity index (χ1v) is 6.61. The van der Waals surface area contributed by atoms with Gasteiger partial charge in [-0.1, -0.05) is 24.9 Å². The van der Waals surface area contributed by atoms with Crippen molar-refractivity contribution in [3.63, 3.8) is 0 Å². The third-order valence-electron chi connectivity index (χ3n) is 3.13. The highest BCUT2D eigenvalue weighted by Gasteiger charge is 2.31. The molecule has 0 saturated heterocycles. The van der Waals surface area contributed by atoms with Crippen LogP contribution in [0.5, 0.6) is 5.75 Å². The minimum atomic E-state index is -0.942. The summed E-state index contributed by atoms with van der Waals surface area (Å²) in [5, 5.41) is 13.0. The number of rotatable bonds is 7. The second-order valence-corrected chi connectivity index (χ2v) is 5.13. The van der Waals surface area contributed by atoms with Crippen LogP contribution < -0.4 is 10.1 Å². The van der Waals surface area contributed by atoms with Gasteiger partial charge in [0, 0.05) is 17.1 Å². The molecule has 2 N–H and O–H groups in total. The summed E-state index contributed by atoms with van der Waals surface area (Å²) in [5.41, 5.74) is -0.0965. The molecule has 0 aliphatic heterocycles. The number of carboxylic acid groups (broad SMARTS) is 1. The van der Waals surface area contributed by atoms with Crippen molar-refractivity contribution in [2.45, 2.75) is 38.8 Å². The standard InChI is InChI=1S/C14H20ClNO3/c1-4-7-14(2,13(17)18)16-9-10-8-11(15)5-6-12(10)19-3/h5-6,8,16H,4,7,9H2,1-3H3,(H,17,18). The zero-order valence-electron chi connectivity index (χ0n) is 11.5. The van der Waals surface area contributed by atoms with Gasteiger partial charge in [0.2, 0.25) is 0 Å². The van der Waals surface area contributed by atoms with E-state index >= 15 is 0 Å². The number of hydrogen-bond acceptors (Lipinski definition) is 3. The van der Waals surface area contributed by atoms with Gasteiger partial charge in [-0.3, -0.25) is 10.1 Å². The Bertz CT molecular complexity index is 450. The summed E-state index contributed by atoms with van der Waals surface area (Å²) in [4.78, 5) is 11.3. The van der Waals surface area contributed by atoms with Gasteiger partial charge >= 0.3 is 5.97 Å². The third kappa shape index (κ3) is 4.11. The SMILES string of the molecule is CCCC(C)(NCc1cc(Cl)ccc1OC)C(=O)O. The van der Waals surface area contributed by atoms with Crippen LogP contribution in [-0.2, 0) is 11.3 Å². The van der Waals surface area contributed by atoms with Crippen molar-refractivity contribution < 1.29 is 14.6 Å². The van der Waals surface area contributed by atoms with Gasteiger partial charge < -0.3 is 9.84 Å². The average Bonchev–Trinajstić information content (AvgIpc) is 2.36. The molecule has 0 aliphatic carbocycles. The fourth-order valence-electron chi connectivity index (χ4n) is 1.95. The molecule has 1 aromatic rings. The molecule has 0 spiro atoms. The zero-order chi connectivity index (χ0) is 14.5. The Morgan fingerprint density at radius 2 is 2.21 bits per heavy atom. The number of carbonyl (C=O) groups is 1. The van der Waals surface area contributed by atoms with Crippen LogP contribution in [0.15, 0.2) is 18.2 Å². The molecule has 0 aromatic heterocycles. The van der Waals surface area contributed by atoms with E-state index in [-0.39, 0.29) is 0 Å². The number of ether oxygens (including phenoxy) is 1. The molecule has 5 heteroatoms. The summed E-state index contributed by atoms with van der Waals surface area (Å²) < 4.78 is 5.24. The first-order valence-electron chi connectivity index (χ1n) is 6.23. The van der Waals surface area contributed by atoms with Gasteiger partial charge in [-0.2, -0.15) is 0 Å². The topological polar surface area (TPSA) is 58.6 Å². The van der Waals surface area contributed by atoms with E-state index in [1.807, 2.05) is 6.92 Å². The summed E-state index contributed by atoms with van der Waals surface area (Å²) in [6, 6.07) is 5.30. The Hall–Kier alpha value is -1.26. The molecule has 1 unspecified atom stereocenters. The number of methoxy groups -OCH3 is 1. The highest BCUT2D eigenvalue weighted by molar-refractivity contribution is 6.30. The molecule has 19 heavy (non-hydrogen) atoms. The van der Waals surface area contributed by atoms with Crippen molar-refractivity contribution in [3.8, 4) is 5.75 Å². The monoisotopic (exact) mass is 285 g/mol. The highest BCUT2D eigenvalue weighted by Crippen LogP contribution is 2.23. The smallest absolute Gasteiger partial charge is 0.323 e. The number of carboxylic acids is 1. The van der Waals surface area contributed by atoms with E-state index in [2.05, 4.69) is 5.32 Å². The van der Waals surface area contributed by atoms with Crippen molar-refractivity contribution in [3.05, 3.63) is 28.8 Å². The van der Waals surface area contributed by atoms with Gasteiger partial charge in [0.05, 0.1) is 7.11 Å². The van der Waals surface area contributed by atoms with Crippen molar-refractivity contribution in [1.29, 1.82) is 0 Å². The van der Waals surface area contributed by atoms with Crippen molar-refractivity contribution in [2.75, 3.05) is 7.11 Å². The Kier molecular flexibility index (Phi) is 5.63. The largest absolute Gasteiger partial charge is 0.496 e. The molecule has 1 rings (SSSR count). The second-order valence-electron chi connectivity index (χ2n) is 4.70. The summed E-state index contributed by atoms with van der Waals surface area (Å²) >= 11 is 5.95. The van der Waals surface area contributed by atoms with Crippen molar-refractivity contribution >= 4 is 17.6 Å². The maximum atomic E-state index is 11.3. The fourth-order valence-corrected chi connectivity index (χ4v) is 2.14. The molecule has 0 radical (unpaired) electrons. The lowest BCUT2D eigenvalue weighted by molar-refractivity contribution is -0.144. The van der Waals surface area contributed by atoms with Gasteiger partial charge in [0.25, 0.3) is 0 Å².